The molecule has 29 heavy (non-hydrogen) atoms. The first-order chi connectivity index (χ1) is 13.8. The lowest BCUT2D eigenvalue weighted by Gasteiger charge is -2.42. The summed E-state index contributed by atoms with van der Waals surface area (Å²) in [7, 11) is 3.71. The van der Waals surface area contributed by atoms with Crippen LogP contribution in [-0.2, 0) is 0 Å². The highest BCUT2D eigenvalue weighted by molar-refractivity contribution is 6.32. The van der Waals surface area contributed by atoms with Crippen molar-refractivity contribution in [1.82, 2.24) is 0 Å². The zero-order valence-corrected chi connectivity index (χ0v) is 16.7. The minimum absolute atomic E-state index is 0.0604. The summed E-state index contributed by atoms with van der Waals surface area (Å²) in [5, 5.41) is 24.8. The maximum Gasteiger partial charge on any atom is 0.145 e. The van der Waals surface area contributed by atoms with Gasteiger partial charge in [0.1, 0.15) is 49.2 Å². The van der Waals surface area contributed by atoms with Crippen LogP contribution in [0.2, 0.25) is 0 Å². The number of aliphatic hydroxyl groups is 2. The molecule has 1 saturated heterocycles. The van der Waals surface area contributed by atoms with Gasteiger partial charge in [-0.25, -0.2) is 4.39 Å². The van der Waals surface area contributed by atoms with Crippen molar-refractivity contribution in [3.05, 3.63) is 54.6 Å². The Morgan fingerprint density at radius 1 is 1.38 bits per heavy atom. The summed E-state index contributed by atoms with van der Waals surface area (Å²) < 4.78 is 20.2. The van der Waals surface area contributed by atoms with Gasteiger partial charge in [-0.3, -0.25) is 0 Å². The van der Waals surface area contributed by atoms with Crippen LogP contribution in [0.25, 0.3) is 0 Å². The highest BCUT2D eigenvalue weighted by atomic mass is 19.1. The molecular weight excluding hydrogens is 372 g/mol. The Balaban J connectivity index is 1.46. The van der Waals surface area contributed by atoms with Crippen LogP contribution in [0.15, 0.2) is 48.8 Å². The third-order valence-electron chi connectivity index (χ3n) is 5.77. The van der Waals surface area contributed by atoms with Gasteiger partial charge in [0.25, 0.3) is 0 Å². The maximum atomic E-state index is 14.3. The average Bonchev–Trinajstić information content (AvgIpc) is 2.97. The molecule has 2 aromatic rings. The molecule has 0 aromatic heterocycles. The van der Waals surface area contributed by atoms with Gasteiger partial charge in [0.05, 0.1) is 11.4 Å². The number of halogens is 1. The number of para-hydroxylation sites is 1. The van der Waals surface area contributed by atoms with Gasteiger partial charge < -0.3 is 30.1 Å². The van der Waals surface area contributed by atoms with E-state index >= 15 is 0 Å². The van der Waals surface area contributed by atoms with Crippen LogP contribution >= 0.6 is 0 Å². The highest BCUT2D eigenvalue weighted by Gasteiger charge is 2.42. The number of nitrogens with zero attached hydrogens (tertiary/aromatic N) is 2. The molecule has 0 radical (unpaired) electrons. The van der Waals surface area contributed by atoms with Crippen molar-refractivity contribution in [2.75, 3.05) is 41.9 Å². The van der Waals surface area contributed by atoms with E-state index in [1.54, 1.807) is 11.0 Å². The number of benzene rings is 2. The number of hydrogen-bond acceptors (Lipinski definition) is 6. The van der Waals surface area contributed by atoms with Crippen molar-refractivity contribution in [3.63, 3.8) is 0 Å². The van der Waals surface area contributed by atoms with E-state index in [-0.39, 0.29) is 25.4 Å². The van der Waals surface area contributed by atoms with E-state index in [0.29, 0.717) is 18.0 Å². The molecule has 0 amide bonds. The third kappa shape index (κ3) is 3.54. The Hall–Kier alpha value is -2.71. The molecule has 152 valence electrons. The topological polar surface area (TPSA) is 68.2 Å². The minimum Gasteiger partial charge on any atom is -0.488 e. The van der Waals surface area contributed by atoms with Gasteiger partial charge in [-0.2, -0.15) is 0 Å². The van der Waals surface area contributed by atoms with Crippen molar-refractivity contribution < 1.29 is 19.3 Å². The van der Waals surface area contributed by atoms with Crippen molar-refractivity contribution in [2.45, 2.75) is 18.1 Å². The predicted octanol–water partition coefficient (Wildman–Crippen LogP) is 0.798. The van der Waals surface area contributed by atoms with E-state index in [9.17, 15) is 14.6 Å². The average molecular weight is 397 g/mol. The Labute approximate surface area is 170 Å². The largest absolute Gasteiger partial charge is 0.488 e. The summed E-state index contributed by atoms with van der Waals surface area (Å²) in [6, 6.07) is 10.6. The Kier molecular flexibility index (Phi) is 4.92. The Morgan fingerprint density at radius 2 is 2.17 bits per heavy atom. The fourth-order valence-electron chi connectivity index (χ4n) is 3.88. The standard InChI is InChI=1S/C21H25BFN3O3/c1-13-24-16-4-3-5-18(20(16)25(13)2)29-12-21(28)8-9-26(11-19(21)27)17-7-6-14(22)10-15(17)23/h3-7,10,19,24,27-28H,1,8-9,11-12,22H2,2H3/t19-,21-/m1/s1. The second-order valence-electron chi connectivity index (χ2n) is 7.84. The molecular formula is C21H25BFN3O3. The summed E-state index contributed by atoms with van der Waals surface area (Å²) in [6.07, 6.45) is -0.809. The lowest BCUT2D eigenvalue weighted by atomic mass is 9.88. The molecule has 0 aliphatic carbocycles. The van der Waals surface area contributed by atoms with Crippen LogP contribution < -0.4 is 25.3 Å². The smallest absolute Gasteiger partial charge is 0.145 e. The second kappa shape index (κ2) is 7.28. The Morgan fingerprint density at radius 3 is 2.90 bits per heavy atom. The first-order valence-electron chi connectivity index (χ1n) is 9.65. The van der Waals surface area contributed by atoms with Crippen LogP contribution in [0, 0.1) is 5.82 Å². The molecule has 1 fully saturated rings. The van der Waals surface area contributed by atoms with Gasteiger partial charge >= 0.3 is 0 Å². The maximum absolute atomic E-state index is 14.3. The molecule has 8 heteroatoms. The molecule has 2 aliphatic heterocycles. The van der Waals surface area contributed by atoms with Crippen molar-refractivity contribution in [3.8, 4) is 5.75 Å². The fraction of sp³-hybridized carbons (Fsp3) is 0.333. The minimum atomic E-state index is -1.41. The van der Waals surface area contributed by atoms with Gasteiger partial charge in [0.2, 0.25) is 0 Å². The van der Waals surface area contributed by atoms with Gasteiger partial charge in [-0.05, 0) is 30.7 Å². The zero-order chi connectivity index (χ0) is 20.8. The lowest BCUT2D eigenvalue weighted by Crippen LogP contribution is -2.58. The molecule has 0 spiro atoms. The molecule has 2 aliphatic rings. The van der Waals surface area contributed by atoms with Crippen LogP contribution in [0.1, 0.15) is 6.42 Å². The number of aliphatic hydroxyl groups excluding tert-OH is 1. The van der Waals surface area contributed by atoms with E-state index in [4.69, 9.17) is 4.74 Å². The molecule has 4 rings (SSSR count). The first-order valence-corrected chi connectivity index (χ1v) is 9.65. The second-order valence-corrected chi connectivity index (χ2v) is 7.84. The van der Waals surface area contributed by atoms with Crippen molar-refractivity contribution in [2.24, 2.45) is 0 Å². The molecule has 0 saturated carbocycles. The quantitative estimate of drug-likeness (QED) is 0.664. The van der Waals surface area contributed by atoms with Crippen LogP contribution in [0.3, 0.4) is 0 Å². The third-order valence-corrected chi connectivity index (χ3v) is 5.77. The van der Waals surface area contributed by atoms with Gasteiger partial charge in [0.15, 0.2) is 0 Å². The fourth-order valence-corrected chi connectivity index (χ4v) is 3.88. The van der Waals surface area contributed by atoms with E-state index in [1.165, 1.54) is 6.07 Å². The first kappa shape index (κ1) is 19.6. The summed E-state index contributed by atoms with van der Waals surface area (Å²) in [6.45, 7) is 4.44. The van der Waals surface area contributed by atoms with E-state index in [2.05, 4.69) is 11.9 Å². The highest BCUT2D eigenvalue weighted by Crippen LogP contribution is 2.42. The van der Waals surface area contributed by atoms with Gasteiger partial charge in [0, 0.05) is 20.1 Å². The predicted molar refractivity (Wildman–Crippen MR) is 115 cm³/mol. The molecule has 2 aromatic carbocycles. The molecule has 3 N–H and O–H groups in total. The van der Waals surface area contributed by atoms with Crippen LogP contribution in [0.4, 0.5) is 21.5 Å². The molecule has 6 nitrogen and oxygen atoms in total. The van der Waals surface area contributed by atoms with Crippen LogP contribution in [-0.4, -0.2) is 56.5 Å². The number of rotatable bonds is 4. The van der Waals surface area contributed by atoms with Gasteiger partial charge in [-0.15, -0.1) is 0 Å². The summed E-state index contributed by atoms with van der Waals surface area (Å²) in [5.74, 6) is 1.02. The number of nitrogens with one attached hydrogen (secondary N) is 1. The summed E-state index contributed by atoms with van der Waals surface area (Å²) >= 11 is 0. The van der Waals surface area contributed by atoms with E-state index in [0.717, 1.165) is 22.7 Å². The monoisotopic (exact) mass is 397 g/mol. The lowest BCUT2D eigenvalue weighted by molar-refractivity contribution is -0.108. The molecule has 2 heterocycles. The van der Waals surface area contributed by atoms with Crippen LogP contribution in [0.5, 0.6) is 5.75 Å². The van der Waals surface area contributed by atoms with E-state index in [1.807, 2.05) is 44.1 Å². The number of ether oxygens (including phenoxy) is 1. The number of piperidine rings is 1. The summed E-state index contributed by atoms with van der Waals surface area (Å²) in [5.41, 5.74) is 1.58. The SMILES string of the molecule is Bc1ccc(N2CC[C@@](O)(COc3cccc4c3N(C)C(=C)N4)[C@H](O)C2)c(F)c1. The number of β-amino-alcohol motifs (C(OH)–C–C–N with tert-alkyl or cyclic N) is 1. The number of anilines is 3. The van der Waals surface area contributed by atoms with E-state index < -0.39 is 11.7 Å². The number of hydrogen-bond donors (Lipinski definition) is 3. The van der Waals surface area contributed by atoms with Gasteiger partial charge in [-0.1, -0.05) is 24.2 Å². The van der Waals surface area contributed by atoms with Crippen molar-refractivity contribution in [1.29, 1.82) is 0 Å². The zero-order valence-electron chi connectivity index (χ0n) is 16.7. The molecule has 0 unspecified atom stereocenters. The molecule has 0 bridgehead atoms. The normalized spacial score (nSPS) is 23.7. The number of fused-ring (bicyclic) bond motifs is 1. The Bertz CT molecular complexity index is 957. The summed E-state index contributed by atoms with van der Waals surface area (Å²) in [4.78, 5) is 3.64. The van der Waals surface area contributed by atoms with Crippen molar-refractivity contribution >= 4 is 30.4 Å². The molecule has 2 atom stereocenters.